The molecule has 1 aromatic rings. The molecule has 0 aromatic heterocycles. The van der Waals surface area contributed by atoms with E-state index in [0.717, 1.165) is 31.4 Å². The Morgan fingerprint density at radius 2 is 2.15 bits per heavy atom. The molecule has 2 rings (SSSR count). The van der Waals surface area contributed by atoms with Crippen molar-refractivity contribution in [1.29, 1.82) is 0 Å². The van der Waals surface area contributed by atoms with Crippen LogP contribution in [-0.2, 0) is 10.0 Å². The van der Waals surface area contributed by atoms with Crippen LogP contribution in [0.4, 0.5) is 4.39 Å². The lowest BCUT2D eigenvalue weighted by atomic mass is 10.0. The van der Waals surface area contributed by atoms with E-state index in [0.29, 0.717) is 6.54 Å². The molecule has 0 saturated heterocycles. The van der Waals surface area contributed by atoms with Gasteiger partial charge in [0, 0.05) is 13.1 Å². The second-order valence-corrected chi connectivity index (χ2v) is 7.46. The van der Waals surface area contributed by atoms with Gasteiger partial charge >= 0.3 is 0 Å². The van der Waals surface area contributed by atoms with Crippen LogP contribution in [-0.4, -0.2) is 32.4 Å². The van der Waals surface area contributed by atoms with E-state index in [1.54, 1.807) is 0 Å². The minimum absolute atomic E-state index is 0.0641. The quantitative estimate of drug-likeness (QED) is 0.925. The summed E-state index contributed by atoms with van der Waals surface area (Å²) in [4.78, 5) is -0.0641. The van der Waals surface area contributed by atoms with E-state index in [4.69, 9.17) is 17.3 Å². The molecule has 20 heavy (non-hydrogen) atoms. The zero-order chi connectivity index (χ0) is 14.9. The Morgan fingerprint density at radius 1 is 1.45 bits per heavy atom. The van der Waals surface area contributed by atoms with Crippen molar-refractivity contribution in [1.82, 2.24) is 4.31 Å². The van der Waals surface area contributed by atoms with E-state index in [1.165, 1.54) is 17.4 Å². The van der Waals surface area contributed by atoms with Gasteiger partial charge in [0.25, 0.3) is 0 Å². The topological polar surface area (TPSA) is 63.4 Å². The van der Waals surface area contributed by atoms with Crippen molar-refractivity contribution in [3.63, 3.8) is 0 Å². The molecule has 0 amide bonds. The predicted octanol–water partition coefficient (Wildman–Crippen LogP) is 2.23. The molecule has 0 bridgehead atoms. The average Bonchev–Trinajstić information content (AvgIpc) is 2.85. The fraction of sp³-hybridized carbons (Fsp3) is 0.538. The number of benzene rings is 1. The molecule has 2 unspecified atom stereocenters. The largest absolute Gasteiger partial charge is 0.330 e. The van der Waals surface area contributed by atoms with Crippen molar-refractivity contribution in [2.45, 2.75) is 30.2 Å². The first-order valence-electron chi connectivity index (χ1n) is 6.51. The molecule has 0 radical (unpaired) electrons. The predicted molar refractivity (Wildman–Crippen MR) is 76.5 cm³/mol. The van der Waals surface area contributed by atoms with Crippen LogP contribution in [0.3, 0.4) is 0 Å². The Bertz CT molecular complexity index is 594. The first kappa shape index (κ1) is 15.7. The fourth-order valence-electron chi connectivity index (χ4n) is 2.79. The summed E-state index contributed by atoms with van der Waals surface area (Å²) in [6.07, 6.45) is 2.68. The number of sulfonamides is 1. The molecule has 2 atom stereocenters. The third kappa shape index (κ3) is 2.83. The summed E-state index contributed by atoms with van der Waals surface area (Å²) in [6.45, 7) is 0.460. The molecule has 1 aromatic carbocycles. The third-order valence-corrected chi connectivity index (χ3v) is 6.31. The lowest BCUT2D eigenvalue weighted by Gasteiger charge is -2.28. The van der Waals surface area contributed by atoms with Crippen molar-refractivity contribution < 1.29 is 12.8 Å². The molecule has 0 aliphatic heterocycles. The van der Waals surface area contributed by atoms with E-state index < -0.39 is 15.8 Å². The molecule has 1 aliphatic carbocycles. The number of nitrogens with two attached hydrogens (primary N) is 1. The number of rotatable bonds is 4. The molecular formula is C13H18ClFN2O2S. The summed E-state index contributed by atoms with van der Waals surface area (Å²) < 4.78 is 39.6. The fourth-order valence-corrected chi connectivity index (χ4v) is 4.74. The Hall–Kier alpha value is -0.690. The van der Waals surface area contributed by atoms with Crippen molar-refractivity contribution in [2.75, 3.05) is 13.6 Å². The number of nitrogens with zero attached hydrogens (tertiary/aromatic N) is 1. The molecule has 4 nitrogen and oxygen atoms in total. The SMILES string of the molecule is CN(C1CCCC1CN)S(=O)(=O)c1ccc(F)cc1Cl. The summed E-state index contributed by atoms with van der Waals surface area (Å²) in [5.74, 6) is -0.397. The summed E-state index contributed by atoms with van der Waals surface area (Å²) in [5.41, 5.74) is 5.70. The van der Waals surface area contributed by atoms with Crippen molar-refractivity contribution in [2.24, 2.45) is 11.7 Å². The van der Waals surface area contributed by atoms with Crippen molar-refractivity contribution in [3.05, 3.63) is 29.0 Å². The molecule has 1 aliphatic rings. The van der Waals surface area contributed by atoms with Gasteiger partial charge in [-0.1, -0.05) is 18.0 Å². The van der Waals surface area contributed by atoms with E-state index in [1.807, 2.05) is 0 Å². The van der Waals surface area contributed by atoms with Crippen LogP contribution in [0.5, 0.6) is 0 Å². The van der Waals surface area contributed by atoms with Gasteiger partial charge in [0.15, 0.2) is 0 Å². The van der Waals surface area contributed by atoms with E-state index in [9.17, 15) is 12.8 Å². The lowest BCUT2D eigenvalue weighted by molar-refractivity contribution is 0.304. The first-order chi connectivity index (χ1) is 9.37. The number of hydrogen-bond donors (Lipinski definition) is 1. The maximum atomic E-state index is 13.0. The normalized spacial score (nSPS) is 23.4. The van der Waals surface area contributed by atoms with Crippen LogP contribution in [0, 0.1) is 11.7 Å². The minimum atomic E-state index is -3.73. The molecule has 0 spiro atoms. The van der Waals surface area contributed by atoms with E-state index in [-0.39, 0.29) is 21.9 Å². The smallest absolute Gasteiger partial charge is 0.244 e. The van der Waals surface area contributed by atoms with Crippen LogP contribution in [0.25, 0.3) is 0 Å². The Morgan fingerprint density at radius 3 is 2.75 bits per heavy atom. The first-order valence-corrected chi connectivity index (χ1v) is 8.33. The van der Waals surface area contributed by atoms with Gasteiger partial charge in [0.1, 0.15) is 10.7 Å². The highest BCUT2D eigenvalue weighted by molar-refractivity contribution is 7.89. The Labute approximate surface area is 123 Å². The number of hydrogen-bond acceptors (Lipinski definition) is 3. The highest BCUT2D eigenvalue weighted by Gasteiger charge is 2.36. The highest BCUT2D eigenvalue weighted by Crippen LogP contribution is 2.33. The number of halogens is 2. The van der Waals surface area contributed by atoms with Gasteiger partial charge in [-0.15, -0.1) is 0 Å². The molecule has 1 saturated carbocycles. The molecule has 0 heterocycles. The Balaban J connectivity index is 2.34. The van der Waals surface area contributed by atoms with Gasteiger partial charge in [-0.05, 0) is 43.5 Å². The van der Waals surface area contributed by atoms with E-state index in [2.05, 4.69) is 0 Å². The van der Waals surface area contributed by atoms with Gasteiger partial charge in [-0.25, -0.2) is 12.8 Å². The van der Waals surface area contributed by atoms with Gasteiger partial charge in [-0.3, -0.25) is 0 Å². The molecule has 112 valence electrons. The van der Waals surface area contributed by atoms with Gasteiger partial charge in [0.2, 0.25) is 10.0 Å². The molecule has 2 N–H and O–H groups in total. The second kappa shape index (κ2) is 5.97. The van der Waals surface area contributed by atoms with Crippen LogP contribution < -0.4 is 5.73 Å². The standard InChI is InChI=1S/C13H18ClFN2O2S/c1-17(12-4-2-3-9(12)8-16)20(18,19)13-6-5-10(15)7-11(13)14/h5-7,9,12H,2-4,8,16H2,1H3. The molecule has 7 heteroatoms. The monoisotopic (exact) mass is 320 g/mol. The van der Waals surface area contributed by atoms with Crippen LogP contribution in [0.15, 0.2) is 23.1 Å². The summed E-state index contributed by atoms with van der Waals surface area (Å²) in [6, 6.07) is 3.20. The average molecular weight is 321 g/mol. The van der Waals surface area contributed by atoms with Gasteiger partial charge in [0.05, 0.1) is 5.02 Å². The van der Waals surface area contributed by atoms with Gasteiger partial charge < -0.3 is 5.73 Å². The third-order valence-electron chi connectivity index (χ3n) is 3.94. The maximum absolute atomic E-state index is 13.0. The molecule has 1 fully saturated rings. The van der Waals surface area contributed by atoms with Crippen LogP contribution >= 0.6 is 11.6 Å². The summed E-state index contributed by atoms with van der Waals surface area (Å²) >= 11 is 5.86. The van der Waals surface area contributed by atoms with E-state index >= 15 is 0 Å². The second-order valence-electron chi connectivity index (χ2n) is 5.09. The molecular weight excluding hydrogens is 303 g/mol. The zero-order valence-corrected chi connectivity index (χ0v) is 12.8. The highest BCUT2D eigenvalue weighted by atomic mass is 35.5. The lowest BCUT2D eigenvalue weighted by Crippen LogP contribution is -2.41. The summed E-state index contributed by atoms with van der Waals surface area (Å²) in [5, 5.41) is -0.0980. The van der Waals surface area contributed by atoms with Crippen molar-refractivity contribution >= 4 is 21.6 Å². The zero-order valence-electron chi connectivity index (χ0n) is 11.2. The van der Waals surface area contributed by atoms with Crippen LogP contribution in [0.1, 0.15) is 19.3 Å². The minimum Gasteiger partial charge on any atom is -0.330 e. The van der Waals surface area contributed by atoms with Gasteiger partial charge in [-0.2, -0.15) is 4.31 Å². The van der Waals surface area contributed by atoms with Crippen LogP contribution in [0.2, 0.25) is 5.02 Å². The Kier molecular flexibility index (Phi) is 4.69. The van der Waals surface area contributed by atoms with Crippen molar-refractivity contribution in [3.8, 4) is 0 Å². The maximum Gasteiger partial charge on any atom is 0.244 e. The summed E-state index contributed by atoms with van der Waals surface area (Å²) in [7, 11) is -2.20.